The molecule has 0 aromatic heterocycles. The van der Waals surface area contributed by atoms with Crippen molar-refractivity contribution in [3.63, 3.8) is 0 Å². The highest BCUT2D eigenvalue weighted by molar-refractivity contribution is 5.31. The van der Waals surface area contributed by atoms with E-state index in [0.29, 0.717) is 12.5 Å². The minimum absolute atomic E-state index is 0.0412. The van der Waals surface area contributed by atoms with Crippen molar-refractivity contribution >= 4 is 0 Å². The largest absolute Gasteiger partial charge is 0.389 e. The Labute approximate surface area is 128 Å². The molecule has 3 N–H and O–H groups in total. The van der Waals surface area contributed by atoms with Gasteiger partial charge in [-0.25, -0.2) is 8.78 Å². The van der Waals surface area contributed by atoms with Gasteiger partial charge >= 0.3 is 0 Å². The highest BCUT2D eigenvalue weighted by Crippen LogP contribution is 2.40. The van der Waals surface area contributed by atoms with E-state index in [2.05, 4.69) is 0 Å². The first-order chi connectivity index (χ1) is 10.5. The predicted molar refractivity (Wildman–Crippen MR) is 76.5 cm³/mol. The second kappa shape index (κ2) is 6.20. The molecule has 0 spiro atoms. The molecular formula is C16H21F2NO3. The summed E-state index contributed by atoms with van der Waals surface area (Å²) < 4.78 is 28.1. The molecule has 22 heavy (non-hydrogen) atoms. The molecule has 1 saturated carbocycles. The highest BCUT2D eigenvalue weighted by atomic mass is 19.1. The van der Waals surface area contributed by atoms with E-state index in [9.17, 15) is 24.1 Å². The van der Waals surface area contributed by atoms with Crippen LogP contribution in [0.5, 0.6) is 0 Å². The van der Waals surface area contributed by atoms with Crippen molar-refractivity contribution in [1.29, 1.82) is 0 Å². The third kappa shape index (κ3) is 3.30. The topological polar surface area (TPSA) is 63.9 Å². The van der Waals surface area contributed by atoms with Crippen LogP contribution in [0.2, 0.25) is 0 Å². The first-order valence-corrected chi connectivity index (χ1v) is 7.70. The lowest BCUT2D eigenvalue weighted by atomic mass is 10.0. The van der Waals surface area contributed by atoms with Crippen LogP contribution in [-0.2, 0) is 6.42 Å². The minimum atomic E-state index is -1.16. The Bertz CT molecular complexity index is 515. The monoisotopic (exact) mass is 313 g/mol. The van der Waals surface area contributed by atoms with E-state index in [1.165, 1.54) is 12.1 Å². The SMILES string of the molecule is O[C@H]1[C@H](O)CN(CCc2c(F)cc(C3CC3)cc2F)C[C@@H]1O. The quantitative estimate of drug-likeness (QED) is 0.769. The Kier molecular flexibility index (Phi) is 4.45. The maximum Gasteiger partial charge on any atom is 0.129 e. The van der Waals surface area contributed by atoms with Gasteiger partial charge in [0.2, 0.25) is 0 Å². The zero-order valence-corrected chi connectivity index (χ0v) is 12.3. The predicted octanol–water partition coefficient (Wildman–Crippen LogP) is 0.783. The average Bonchev–Trinajstić information content (AvgIpc) is 3.28. The summed E-state index contributed by atoms with van der Waals surface area (Å²) in [5, 5.41) is 28.7. The summed E-state index contributed by atoms with van der Waals surface area (Å²) in [5.41, 5.74) is 0.769. The maximum atomic E-state index is 14.1. The molecule has 3 atom stereocenters. The molecule has 1 aromatic rings. The first-order valence-electron chi connectivity index (χ1n) is 7.70. The smallest absolute Gasteiger partial charge is 0.129 e. The molecule has 1 saturated heterocycles. The Morgan fingerprint density at radius 2 is 1.55 bits per heavy atom. The second-order valence-corrected chi connectivity index (χ2v) is 6.37. The summed E-state index contributed by atoms with van der Waals surface area (Å²) in [7, 11) is 0. The molecule has 0 bridgehead atoms. The normalized spacial score (nSPS) is 29.8. The summed E-state index contributed by atoms with van der Waals surface area (Å²) in [6.45, 7) is 0.681. The van der Waals surface area contributed by atoms with E-state index in [4.69, 9.17) is 0 Å². The van der Waals surface area contributed by atoms with Gasteiger partial charge < -0.3 is 15.3 Å². The van der Waals surface area contributed by atoms with Crippen LogP contribution in [0.15, 0.2) is 12.1 Å². The molecule has 0 unspecified atom stereocenters. The molecule has 122 valence electrons. The summed E-state index contributed by atoms with van der Waals surface area (Å²) in [6.07, 6.45) is -1.11. The lowest BCUT2D eigenvalue weighted by Gasteiger charge is -2.36. The van der Waals surface area contributed by atoms with Gasteiger partial charge in [0.1, 0.15) is 17.7 Å². The lowest BCUT2D eigenvalue weighted by Crippen LogP contribution is -2.55. The number of aliphatic hydroxyl groups is 3. The summed E-state index contributed by atoms with van der Waals surface area (Å²) in [5.74, 6) is -0.757. The van der Waals surface area contributed by atoms with Crippen LogP contribution in [0, 0.1) is 11.6 Å². The zero-order valence-electron chi connectivity index (χ0n) is 12.3. The zero-order chi connectivity index (χ0) is 15.9. The van der Waals surface area contributed by atoms with Gasteiger partial charge in [-0.3, -0.25) is 4.90 Å². The number of hydrogen-bond acceptors (Lipinski definition) is 4. The molecule has 3 rings (SSSR count). The van der Waals surface area contributed by atoms with E-state index >= 15 is 0 Å². The summed E-state index contributed by atoms with van der Waals surface area (Å²) >= 11 is 0. The van der Waals surface area contributed by atoms with Crippen molar-refractivity contribution in [3.05, 3.63) is 34.9 Å². The van der Waals surface area contributed by atoms with Gasteiger partial charge in [0.05, 0.1) is 12.2 Å². The molecule has 0 amide bonds. The number of likely N-dealkylation sites (tertiary alicyclic amines) is 1. The van der Waals surface area contributed by atoms with Crippen molar-refractivity contribution in [2.24, 2.45) is 0 Å². The molecule has 4 nitrogen and oxygen atoms in total. The van der Waals surface area contributed by atoms with Crippen molar-refractivity contribution in [2.45, 2.75) is 43.5 Å². The highest BCUT2D eigenvalue weighted by Gasteiger charge is 2.33. The standard InChI is InChI=1S/C16H21F2NO3/c17-12-5-10(9-1-2-9)6-13(18)11(12)3-4-19-7-14(20)16(22)15(21)8-19/h5-6,9,14-16,20-22H,1-4,7-8H2/t14-,15+,16+. The number of aliphatic hydroxyl groups excluding tert-OH is 3. The molecular weight excluding hydrogens is 292 g/mol. The van der Waals surface area contributed by atoms with E-state index in [-0.39, 0.29) is 25.1 Å². The van der Waals surface area contributed by atoms with Crippen LogP contribution in [-0.4, -0.2) is 58.2 Å². The minimum Gasteiger partial charge on any atom is -0.389 e. The molecule has 1 heterocycles. The summed E-state index contributed by atoms with van der Waals surface area (Å²) in [4.78, 5) is 1.70. The number of β-amino-alcohol motifs (C(OH)–C–C–N with tert-alkyl or cyclic N) is 2. The fourth-order valence-corrected chi connectivity index (χ4v) is 3.04. The van der Waals surface area contributed by atoms with Gasteiger partial charge in [0.15, 0.2) is 0 Å². The van der Waals surface area contributed by atoms with Crippen molar-refractivity contribution in [3.8, 4) is 0 Å². The molecule has 1 aromatic carbocycles. The molecule has 6 heteroatoms. The van der Waals surface area contributed by atoms with Gasteiger partial charge in [0, 0.05) is 25.2 Å². The first kappa shape index (κ1) is 15.8. The van der Waals surface area contributed by atoms with Gasteiger partial charge in [-0.05, 0) is 42.9 Å². The van der Waals surface area contributed by atoms with Crippen LogP contribution in [0.4, 0.5) is 8.78 Å². The third-order valence-electron chi connectivity index (χ3n) is 4.57. The summed E-state index contributed by atoms with van der Waals surface area (Å²) in [6, 6.07) is 2.83. The van der Waals surface area contributed by atoms with Gasteiger partial charge in [-0.15, -0.1) is 0 Å². The fraction of sp³-hybridized carbons (Fsp3) is 0.625. The van der Waals surface area contributed by atoms with E-state index in [1.807, 2.05) is 0 Å². The molecule has 2 aliphatic rings. The van der Waals surface area contributed by atoms with E-state index in [0.717, 1.165) is 18.4 Å². The fourth-order valence-electron chi connectivity index (χ4n) is 3.04. The Balaban J connectivity index is 1.64. The van der Waals surface area contributed by atoms with Crippen molar-refractivity contribution in [2.75, 3.05) is 19.6 Å². The number of halogens is 2. The Morgan fingerprint density at radius 1 is 1.00 bits per heavy atom. The van der Waals surface area contributed by atoms with Crippen LogP contribution in [0.3, 0.4) is 0 Å². The molecule has 0 radical (unpaired) electrons. The average molecular weight is 313 g/mol. The molecule has 2 fully saturated rings. The lowest BCUT2D eigenvalue weighted by molar-refractivity contribution is -0.109. The van der Waals surface area contributed by atoms with Crippen molar-refractivity contribution < 1.29 is 24.1 Å². The van der Waals surface area contributed by atoms with Crippen molar-refractivity contribution in [1.82, 2.24) is 4.90 Å². The van der Waals surface area contributed by atoms with Gasteiger partial charge in [0.25, 0.3) is 0 Å². The second-order valence-electron chi connectivity index (χ2n) is 6.37. The van der Waals surface area contributed by atoms with Crippen LogP contribution in [0.1, 0.15) is 29.9 Å². The number of piperidine rings is 1. The third-order valence-corrected chi connectivity index (χ3v) is 4.57. The van der Waals surface area contributed by atoms with Crippen LogP contribution < -0.4 is 0 Å². The Hall–Kier alpha value is -1.08. The maximum absolute atomic E-state index is 14.1. The number of hydrogen-bond donors (Lipinski definition) is 3. The van der Waals surface area contributed by atoms with E-state index in [1.54, 1.807) is 4.90 Å². The Morgan fingerprint density at radius 3 is 2.05 bits per heavy atom. The number of rotatable bonds is 4. The van der Waals surface area contributed by atoms with Gasteiger partial charge in [-0.1, -0.05) is 0 Å². The number of benzene rings is 1. The van der Waals surface area contributed by atoms with Crippen LogP contribution in [0.25, 0.3) is 0 Å². The van der Waals surface area contributed by atoms with Gasteiger partial charge in [-0.2, -0.15) is 0 Å². The molecule has 1 aliphatic carbocycles. The van der Waals surface area contributed by atoms with Crippen LogP contribution >= 0.6 is 0 Å². The number of nitrogens with zero attached hydrogens (tertiary/aromatic N) is 1. The molecule has 1 aliphatic heterocycles. The van der Waals surface area contributed by atoms with E-state index < -0.39 is 29.9 Å².